The highest BCUT2D eigenvalue weighted by Crippen LogP contribution is 2.45. The molecule has 1 amide bonds. The zero-order valence-electron chi connectivity index (χ0n) is 10.6. The first-order valence-electron chi connectivity index (χ1n) is 5.74. The molecule has 0 saturated heterocycles. The Hall–Kier alpha value is -0.910. The van der Waals surface area contributed by atoms with E-state index in [0.717, 1.165) is 5.75 Å². The predicted molar refractivity (Wildman–Crippen MR) is 70.2 cm³/mol. The fourth-order valence-electron chi connectivity index (χ4n) is 2.39. The van der Waals surface area contributed by atoms with Gasteiger partial charge >= 0.3 is 0 Å². The fraction of sp³-hybridized carbons (Fsp3) is 0.818. The van der Waals surface area contributed by atoms with E-state index in [1.54, 1.807) is 11.8 Å². The molecule has 17 heavy (non-hydrogen) atoms. The third kappa shape index (κ3) is 2.86. The molecule has 0 aromatic heterocycles. The summed E-state index contributed by atoms with van der Waals surface area (Å²) in [5, 5.41) is 14.7. The van der Waals surface area contributed by atoms with Crippen molar-refractivity contribution in [2.45, 2.75) is 32.7 Å². The van der Waals surface area contributed by atoms with Gasteiger partial charge in [0.15, 0.2) is 5.84 Å². The molecule has 0 aromatic carbocycles. The Morgan fingerprint density at radius 2 is 2.29 bits per heavy atom. The van der Waals surface area contributed by atoms with E-state index in [2.05, 4.69) is 17.4 Å². The summed E-state index contributed by atoms with van der Waals surface area (Å²) in [4.78, 5) is 12.2. The summed E-state index contributed by atoms with van der Waals surface area (Å²) < 4.78 is 0. The van der Waals surface area contributed by atoms with Crippen molar-refractivity contribution in [2.24, 2.45) is 22.2 Å². The number of carbonyl (C=O) groups is 1. The molecule has 4 N–H and O–H groups in total. The van der Waals surface area contributed by atoms with Crippen LogP contribution in [0.3, 0.4) is 0 Å². The van der Waals surface area contributed by atoms with Gasteiger partial charge in [0.25, 0.3) is 0 Å². The highest BCUT2D eigenvalue weighted by molar-refractivity contribution is 7.98. The lowest BCUT2D eigenvalue weighted by Crippen LogP contribution is -2.58. The fourth-order valence-corrected chi connectivity index (χ4v) is 2.97. The molecule has 98 valence electrons. The van der Waals surface area contributed by atoms with E-state index in [0.29, 0.717) is 18.8 Å². The topological polar surface area (TPSA) is 87.7 Å². The molecule has 6 heteroatoms. The quantitative estimate of drug-likeness (QED) is 0.298. The van der Waals surface area contributed by atoms with Crippen molar-refractivity contribution in [2.75, 3.05) is 12.0 Å². The Morgan fingerprint density at radius 3 is 2.71 bits per heavy atom. The van der Waals surface area contributed by atoms with Crippen molar-refractivity contribution in [3.63, 3.8) is 0 Å². The number of hydrogen-bond acceptors (Lipinski definition) is 4. The average molecular weight is 259 g/mol. The van der Waals surface area contributed by atoms with Gasteiger partial charge in [-0.25, -0.2) is 0 Å². The van der Waals surface area contributed by atoms with Crippen molar-refractivity contribution in [1.82, 2.24) is 5.32 Å². The number of amidine groups is 1. The molecule has 1 fully saturated rings. The summed E-state index contributed by atoms with van der Waals surface area (Å²) in [5.41, 5.74) is 4.87. The minimum atomic E-state index is -0.791. The van der Waals surface area contributed by atoms with Gasteiger partial charge in [-0.2, -0.15) is 11.8 Å². The lowest BCUT2D eigenvalue weighted by Gasteiger charge is -2.44. The summed E-state index contributed by atoms with van der Waals surface area (Å²) in [6.45, 7) is 4.01. The minimum absolute atomic E-state index is 0.0319. The van der Waals surface area contributed by atoms with E-state index in [4.69, 9.17) is 10.9 Å². The van der Waals surface area contributed by atoms with E-state index in [-0.39, 0.29) is 17.8 Å². The maximum Gasteiger partial charge on any atom is 0.234 e. The number of nitrogens with zero attached hydrogens (tertiary/aromatic N) is 1. The molecule has 0 bridgehead atoms. The van der Waals surface area contributed by atoms with Crippen molar-refractivity contribution in [3.05, 3.63) is 0 Å². The van der Waals surface area contributed by atoms with Gasteiger partial charge in [-0.1, -0.05) is 12.1 Å². The Labute approximate surface area is 106 Å². The maximum atomic E-state index is 12.2. The first-order valence-corrected chi connectivity index (χ1v) is 7.13. The van der Waals surface area contributed by atoms with Gasteiger partial charge in [0.05, 0.1) is 0 Å². The smallest absolute Gasteiger partial charge is 0.234 e. The number of thioether (sulfide) groups is 1. The molecule has 0 heterocycles. The molecular weight excluding hydrogens is 238 g/mol. The second-order valence-electron chi connectivity index (χ2n) is 4.91. The van der Waals surface area contributed by atoms with Gasteiger partial charge in [-0.15, -0.1) is 0 Å². The highest BCUT2D eigenvalue weighted by Gasteiger charge is 2.52. The first kappa shape index (κ1) is 14.2. The van der Waals surface area contributed by atoms with Crippen LogP contribution in [0, 0.1) is 11.3 Å². The molecule has 1 rings (SSSR count). The molecular formula is C11H21N3O2S. The Kier molecular flexibility index (Phi) is 4.68. The lowest BCUT2D eigenvalue weighted by molar-refractivity contribution is -0.133. The number of oxime groups is 1. The monoisotopic (exact) mass is 259 g/mol. The van der Waals surface area contributed by atoms with Crippen molar-refractivity contribution >= 4 is 23.5 Å². The van der Waals surface area contributed by atoms with E-state index < -0.39 is 5.41 Å². The molecule has 0 spiro atoms. The van der Waals surface area contributed by atoms with Crippen LogP contribution in [0.2, 0.25) is 0 Å². The van der Waals surface area contributed by atoms with E-state index in [1.165, 1.54) is 0 Å². The molecule has 0 aromatic rings. The normalized spacial score (nSPS) is 30.5. The molecule has 1 saturated carbocycles. The van der Waals surface area contributed by atoms with Crippen molar-refractivity contribution in [1.29, 1.82) is 0 Å². The molecule has 1 unspecified atom stereocenters. The number of carbonyl (C=O) groups excluding carboxylic acids is 1. The third-order valence-electron chi connectivity index (χ3n) is 3.22. The van der Waals surface area contributed by atoms with Crippen molar-refractivity contribution < 1.29 is 10.0 Å². The third-order valence-corrected chi connectivity index (χ3v) is 4.05. The van der Waals surface area contributed by atoms with Gasteiger partial charge in [0.2, 0.25) is 5.91 Å². The minimum Gasteiger partial charge on any atom is -0.409 e. The molecule has 1 atom stereocenters. The summed E-state index contributed by atoms with van der Waals surface area (Å²) >= 11 is 1.68. The Bertz CT molecular complexity index is 314. The van der Waals surface area contributed by atoms with Gasteiger partial charge in [0, 0.05) is 11.8 Å². The lowest BCUT2D eigenvalue weighted by atomic mass is 9.61. The molecule has 0 radical (unpaired) electrons. The predicted octanol–water partition coefficient (Wildman–Crippen LogP) is 1.02. The van der Waals surface area contributed by atoms with Crippen LogP contribution in [0.25, 0.3) is 0 Å². The summed E-state index contributed by atoms with van der Waals surface area (Å²) in [6.07, 6.45) is 3.30. The van der Waals surface area contributed by atoms with Gasteiger partial charge < -0.3 is 16.3 Å². The molecule has 1 aliphatic rings. The van der Waals surface area contributed by atoms with Gasteiger partial charge in [-0.3, -0.25) is 4.79 Å². The van der Waals surface area contributed by atoms with E-state index in [1.807, 2.05) is 13.2 Å². The number of hydrogen-bond donors (Lipinski definition) is 3. The van der Waals surface area contributed by atoms with Crippen LogP contribution >= 0.6 is 11.8 Å². The van der Waals surface area contributed by atoms with Crippen molar-refractivity contribution in [3.8, 4) is 0 Å². The average Bonchev–Trinajstić information content (AvgIpc) is 2.23. The SMILES string of the molecule is CSCC(C)NC(=O)C1(C(N)=NO)CC(C)C1. The summed E-state index contributed by atoms with van der Waals surface area (Å²) in [5.74, 6) is 1.21. The van der Waals surface area contributed by atoms with Crippen LogP contribution in [0.5, 0.6) is 0 Å². The largest absolute Gasteiger partial charge is 0.409 e. The van der Waals surface area contributed by atoms with Crippen LogP contribution in [0.15, 0.2) is 5.16 Å². The van der Waals surface area contributed by atoms with Crippen LogP contribution in [-0.4, -0.2) is 35.0 Å². The maximum absolute atomic E-state index is 12.2. The molecule has 5 nitrogen and oxygen atoms in total. The molecule has 1 aliphatic carbocycles. The number of amides is 1. The Balaban J connectivity index is 2.70. The molecule has 0 aliphatic heterocycles. The van der Waals surface area contributed by atoms with Crippen LogP contribution < -0.4 is 11.1 Å². The second-order valence-corrected chi connectivity index (χ2v) is 5.82. The summed E-state index contributed by atoms with van der Waals surface area (Å²) in [7, 11) is 0. The number of nitrogens with two attached hydrogens (primary N) is 1. The first-order chi connectivity index (χ1) is 7.96. The van der Waals surface area contributed by atoms with Gasteiger partial charge in [-0.05, 0) is 31.9 Å². The van der Waals surface area contributed by atoms with E-state index >= 15 is 0 Å². The highest BCUT2D eigenvalue weighted by atomic mass is 32.2. The Morgan fingerprint density at radius 1 is 1.71 bits per heavy atom. The van der Waals surface area contributed by atoms with Crippen LogP contribution in [0.1, 0.15) is 26.7 Å². The zero-order chi connectivity index (χ0) is 13.1. The van der Waals surface area contributed by atoms with Crippen LogP contribution in [0.4, 0.5) is 0 Å². The van der Waals surface area contributed by atoms with Crippen LogP contribution in [-0.2, 0) is 4.79 Å². The van der Waals surface area contributed by atoms with E-state index in [9.17, 15) is 4.79 Å². The zero-order valence-corrected chi connectivity index (χ0v) is 11.4. The van der Waals surface area contributed by atoms with Gasteiger partial charge in [0.1, 0.15) is 5.41 Å². The standard InChI is InChI=1S/C11H21N3O2S/c1-7-4-11(5-7,9(12)14-16)10(15)13-8(2)6-17-3/h7-8,16H,4-6H2,1-3H3,(H2,12,14)(H,13,15). The summed E-state index contributed by atoms with van der Waals surface area (Å²) in [6, 6.07) is 0.0942. The second kappa shape index (κ2) is 5.62. The number of nitrogens with one attached hydrogen (secondary N) is 1. The number of rotatable bonds is 5.